The van der Waals surface area contributed by atoms with Gasteiger partial charge in [0.15, 0.2) is 0 Å². The van der Waals surface area contributed by atoms with Crippen molar-refractivity contribution in [1.29, 1.82) is 0 Å². The number of amides is 1. The van der Waals surface area contributed by atoms with E-state index in [1.165, 1.54) is 11.9 Å². The maximum atomic E-state index is 11.8. The number of hydrogen-bond acceptors (Lipinski definition) is 4. The third-order valence-electron chi connectivity index (χ3n) is 3.39. The summed E-state index contributed by atoms with van der Waals surface area (Å²) in [6.07, 6.45) is -0.532. The second-order valence-electron chi connectivity index (χ2n) is 4.88. The fraction of sp³-hybridized carbons (Fsp3) is 0.176. The summed E-state index contributed by atoms with van der Waals surface area (Å²) in [6.45, 7) is 1.47. The van der Waals surface area contributed by atoms with E-state index in [0.717, 1.165) is 16.9 Å². The van der Waals surface area contributed by atoms with Crippen LogP contribution in [0.25, 0.3) is 0 Å². The van der Waals surface area contributed by atoms with E-state index in [-0.39, 0.29) is 5.91 Å². The van der Waals surface area contributed by atoms with Crippen molar-refractivity contribution >= 4 is 11.8 Å². The first-order valence-electron chi connectivity index (χ1n) is 6.93. The predicted molar refractivity (Wildman–Crippen MR) is 82.3 cm³/mol. The number of carbonyl (C=O) groups is 1. The summed E-state index contributed by atoms with van der Waals surface area (Å²) >= 11 is 0. The summed E-state index contributed by atoms with van der Waals surface area (Å²) in [5.41, 5.74) is 1.68. The minimum absolute atomic E-state index is 0.169. The lowest BCUT2D eigenvalue weighted by Crippen LogP contribution is -2.25. The van der Waals surface area contributed by atoms with Gasteiger partial charge in [-0.05, 0) is 24.3 Å². The van der Waals surface area contributed by atoms with Gasteiger partial charge in [0, 0.05) is 18.1 Å². The Labute approximate surface area is 128 Å². The molecule has 22 heavy (non-hydrogen) atoms. The van der Waals surface area contributed by atoms with E-state index in [1.807, 2.05) is 54.6 Å². The fourth-order valence-corrected chi connectivity index (χ4v) is 2.25. The molecular formula is C17H16N2O3. The summed E-state index contributed by atoms with van der Waals surface area (Å²) in [5, 5.41) is 5.66. The number of benzene rings is 2. The number of nitrogens with zero attached hydrogens (tertiary/aromatic N) is 2. The highest BCUT2D eigenvalue weighted by Gasteiger charge is 2.32. The molecule has 112 valence electrons. The maximum Gasteiger partial charge on any atom is 0.243 e. The third kappa shape index (κ3) is 2.65. The van der Waals surface area contributed by atoms with Gasteiger partial charge in [0.05, 0.1) is 7.11 Å². The second kappa shape index (κ2) is 5.89. The zero-order valence-corrected chi connectivity index (χ0v) is 12.4. The van der Waals surface area contributed by atoms with E-state index in [0.29, 0.717) is 5.90 Å². The Kier molecular flexibility index (Phi) is 3.78. The van der Waals surface area contributed by atoms with Gasteiger partial charge in [0.1, 0.15) is 5.75 Å². The first kappa shape index (κ1) is 14.1. The van der Waals surface area contributed by atoms with Crippen molar-refractivity contribution in [2.75, 3.05) is 7.11 Å². The Morgan fingerprint density at radius 3 is 2.41 bits per heavy atom. The summed E-state index contributed by atoms with van der Waals surface area (Å²) in [6, 6.07) is 16.9. The Morgan fingerprint density at radius 1 is 1.14 bits per heavy atom. The average Bonchev–Trinajstić information content (AvgIpc) is 3.01. The summed E-state index contributed by atoms with van der Waals surface area (Å²) in [7, 11) is 1.61. The lowest BCUT2D eigenvalue weighted by Gasteiger charge is -2.19. The SMILES string of the molecule is COc1ccc(C2=NN(C(C)=O)[C@H](c3ccccc3)O2)cc1. The zero-order chi connectivity index (χ0) is 15.5. The highest BCUT2D eigenvalue weighted by atomic mass is 16.5. The van der Waals surface area contributed by atoms with Gasteiger partial charge in [-0.2, -0.15) is 5.01 Å². The van der Waals surface area contributed by atoms with E-state index in [1.54, 1.807) is 7.11 Å². The van der Waals surface area contributed by atoms with Gasteiger partial charge in [-0.1, -0.05) is 30.3 Å². The second-order valence-corrected chi connectivity index (χ2v) is 4.88. The van der Waals surface area contributed by atoms with E-state index in [9.17, 15) is 4.79 Å². The van der Waals surface area contributed by atoms with E-state index >= 15 is 0 Å². The molecule has 1 aliphatic heterocycles. The molecule has 2 aromatic carbocycles. The van der Waals surface area contributed by atoms with Crippen LogP contribution >= 0.6 is 0 Å². The molecule has 2 aromatic rings. The first-order valence-corrected chi connectivity index (χ1v) is 6.93. The molecule has 0 unspecified atom stereocenters. The molecule has 1 heterocycles. The van der Waals surface area contributed by atoms with Gasteiger partial charge < -0.3 is 9.47 Å². The van der Waals surface area contributed by atoms with Crippen molar-refractivity contribution in [2.45, 2.75) is 13.2 Å². The van der Waals surface area contributed by atoms with Crippen molar-refractivity contribution in [1.82, 2.24) is 5.01 Å². The van der Waals surface area contributed by atoms with Crippen LogP contribution in [0.5, 0.6) is 5.75 Å². The highest BCUT2D eigenvalue weighted by molar-refractivity contribution is 5.96. The first-order chi connectivity index (χ1) is 10.7. The summed E-state index contributed by atoms with van der Waals surface area (Å²) in [5.74, 6) is 1.01. The van der Waals surface area contributed by atoms with Crippen LogP contribution < -0.4 is 4.74 Å². The molecule has 0 N–H and O–H groups in total. The Morgan fingerprint density at radius 2 is 1.82 bits per heavy atom. The molecule has 1 aliphatic rings. The molecule has 1 amide bonds. The van der Waals surface area contributed by atoms with Gasteiger partial charge in [-0.15, -0.1) is 5.10 Å². The summed E-state index contributed by atoms with van der Waals surface area (Å²) in [4.78, 5) is 11.8. The van der Waals surface area contributed by atoms with Crippen LogP contribution in [0.4, 0.5) is 0 Å². The monoisotopic (exact) mass is 296 g/mol. The molecule has 0 spiro atoms. The van der Waals surface area contributed by atoms with Crippen LogP contribution in [0.2, 0.25) is 0 Å². The molecule has 0 fully saturated rings. The van der Waals surface area contributed by atoms with Crippen LogP contribution in [0.15, 0.2) is 59.7 Å². The largest absolute Gasteiger partial charge is 0.497 e. The van der Waals surface area contributed by atoms with Crippen LogP contribution in [0.1, 0.15) is 24.3 Å². The predicted octanol–water partition coefficient (Wildman–Crippen LogP) is 2.93. The number of rotatable bonds is 3. The third-order valence-corrected chi connectivity index (χ3v) is 3.39. The Balaban J connectivity index is 1.90. The van der Waals surface area contributed by atoms with Crippen molar-refractivity contribution in [2.24, 2.45) is 5.10 Å². The smallest absolute Gasteiger partial charge is 0.243 e. The molecule has 5 heteroatoms. The minimum atomic E-state index is -0.532. The minimum Gasteiger partial charge on any atom is -0.497 e. The van der Waals surface area contributed by atoms with Gasteiger partial charge >= 0.3 is 0 Å². The molecule has 0 saturated carbocycles. The lowest BCUT2D eigenvalue weighted by atomic mass is 10.2. The van der Waals surface area contributed by atoms with Crippen LogP contribution in [0.3, 0.4) is 0 Å². The Bertz CT molecular complexity index is 696. The number of hydrazone groups is 1. The number of carbonyl (C=O) groups excluding carboxylic acids is 1. The molecule has 0 bridgehead atoms. The molecule has 1 atom stereocenters. The van der Waals surface area contributed by atoms with E-state index in [4.69, 9.17) is 9.47 Å². The van der Waals surface area contributed by atoms with Gasteiger partial charge in [0.25, 0.3) is 0 Å². The van der Waals surface area contributed by atoms with Gasteiger partial charge in [-0.3, -0.25) is 4.79 Å². The molecular weight excluding hydrogens is 280 g/mol. The normalized spacial score (nSPS) is 16.9. The van der Waals surface area contributed by atoms with Crippen molar-refractivity contribution in [3.05, 3.63) is 65.7 Å². The molecule has 0 saturated heterocycles. The molecule has 0 aromatic heterocycles. The van der Waals surface area contributed by atoms with Crippen molar-refractivity contribution in [3.8, 4) is 5.75 Å². The molecule has 0 aliphatic carbocycles. The number of hydrogen-bond donors (Lipinski definition) is 0. The topological polar surface area (TPSA) is 51.1 Å². The van der Waals surface area contributed by atoms with Crippen LogP contribution in [0, 0.1) is 0 Å². The standard InChI is InChI=1S/C17H16N2O3/c1-12(20)19-17(14-6-4-3-5-7-14)22-16(18-19)13-8-10-15(21-2)11-9-13/h3-11,17H,1-2H3/t17-/m0/s1. The van der Waals surface area contributed by atoms with Crippen molar-refractivity contribution in [3.63, 3.8) is 0 Å². The van der Waals surface area contributed by atoms with E-state index in [2.05, 4.69) is 5.10 Å². The summed E-state index contributed by atoms with van der Waals surface area (Å²) < 4.78 is 11.0. The van der Waals surface area contributed by atoms with Crippen LogP contribution in [-0.4, -0.2) is 23.9 Å². The van der Waals surface area contributed by atoms with E-state index < -0.39 is 6.23 Å². The quantitative estimate of drug-likeness (QED) is 0.875. The Hall–Kier alpha value is -2.82. The molecule has 3 rings (SSSR count). The number of methoxy groups -OCH3 is 1. The van der Waals surface area contributed by atoms with Gasteiger partial charge in [0.2, 0.25) is 18.0 Å². The van der Waals surface area contributed by atoms with Crippen molar-refractivity contribution < 1.29 is 14.3 Å². The zero-order valence-electron chi connectivity index (χ0n) is 12.4. The maximum absolute atomic E-state index is 11.8. The highest BCUT2D eigenvalue weighted by Crippen LogP contribution is 2.30. The number of ether oxygens (including phenoxy) is 2. The average molecular weight is 296 g/mol. The molecule has 5 nitrogen and oxygen atoms in total. The van der Waals surface area contributed by atoms with Crippen LogP contribution in [-0.2, 0) is 9.53 Å². The fourth-order valence-electron chi connectivity index (χ4n) is 2.25. The van der Waals surface area contributed by atoms with Gasteiger partial charge in [-0.25, -0.2) is 0 Å². The molecule has 0 radical (unpaired) electrons. The lowest BCUT2D eigenvalue weighted by molar-refractivity contribution is -0.135.